The van der Waals surface area contributed by atoms with Crippen LogP contribution in [0.2, 0.25) is 0 Å². The van der Waals surface area contributed by atoms with Gasteiger partial charge in [0.25, 0.3) is 0 Å². The minimum absolute atomic E-state index is 0. The standard InChI is InChI=1S/C17H25NO4S.ClH/c1-5-21-16(20)14-11-8-10(6-7-12(11)23-15(14)18)9-13(19)22-17(2,3)4;/h10H,5-9,18H2,1-4H3;1H/t10-;/m0./s1. The molecule has 0 unspecified atom stereocenters. The highest BCUT2D eigenvalue weighted by molar-refractivity contribution is 7.15. The van der Waals surface area contributed by atoms with Crippen LogP contribution in [0.1, 0.15) is 61.3 Å². The molecule has 1 heterocycles. The van der Waals surface area contributed by atoms with Gasteiger partial charge in [0.15, 0.2) is 5.00 Å². The number of quaternary nitrogens is 1. The molecule has 0 radical (unpaired) electrons. The zero-order valence-electron chi connectivity index (χ0n) is 14.7. The number of ether oxygens (including phenoxy) is 2. The molecule has 0 amide bonds. The van der Waals surface area contributed by atoms with Gasteiger partial charge in [-0.15, -0.1) is 0 Å². The summed E-state index contributed by atoms with van der Waals surface area (Å²) in [6.07, 6.45) is 2.93. The highest BCUT2D eigenvalue weighted by atomic mass is 35.5. The maximum absolute atomic E-state index is 12.2. The molecule has 0 aromatic carbocycles. The first-order valence-electron chi connectivity index (χ1n) is 8.06. The number of fused-ring (bicyclic) bond motifs is 1. The summed E-state index contributed by atoms with van der Waals surface area (Å²) in [7, 11) is 0. The average Bonchev–Trinajstić information content (AvgIpc) is 2.72. The Labute approximate surface area is 153 Å². The number of thiophene rings is 1. The summed E-state index contributed by atoms with van der Waals surface area (Å²) in [6, 6.07) is 0. The molecule has 3 N–H and O–H groups in total. The molecule has 5 nitrogen and oxygen atoms in total. The fraction of sp³-hybridized carbons (Fsp3) is 0.647. The van der Waals surface area contributed by atoms with Crippen LogP contribution in [-0.4, -0.2) is 24.1 Å². The van der Waals surface area contributed by atoms with Crippen LogP contribution in [0.5, 0.6) is 0 Å². The van der Waals surface area contributed by atoms with Crippen molar-refractivity contribution < 1.29 is 37.2 Å². The van der Waals surface area contributed by atoms with E-state index in [9.17, 15) is 9.59 Å². The van der Waals surface area contributed by atoms with Gasteiger partial charge in [-0.1, -0.05) is 11.3 Å². The molecule has 0 bridgehead atoms. The molecule has 0 aliphatic heterocycles. The lowest BCUT2D eigenvalue weighted by Crippen LogP contribution is -3.00. The molecule has 1 aromatic rings. The van der Waals surface area contributed by atoms with E-state index in [4.69, 9.17) is 9.47 Å². The Kier molecular flexibility index (Phi) is 7.25. The second kappa shape index (κ2) is 8.32. The van der Waals surface area contributed by atoms with E-state index in [1.165, 1.54) is 4.88 Å². The van der Waals surface area contributed by atoms with Crippen LogP contribution >= 0.6 is 11.3 Å². The van der Waals surface area contributed by atoms with Gasteiger partial charge in [0.2, 0.25) is 0 Å². The first kappa shape index (κ1) is 20.9. The zero-order chi connectivity index (χ0) is 17.2. The number of hydrogen-bond acceptors (Lipinski definition) is 5. The van der Waals surface area contributed by atoms with Crippen molar-refractivity contribution in [2.24, 2.45) is 5.92 Å². The molecule has 24 heavy (non-hydrogen) atoms. The Morgan fingerprint density at radius 1 is 1.33 bits per heavy atom. The monoisotopic (exact) mass is 375 g/mol. The van der Waals surface area contributed by atoms with Gasteiger partial charge in [0.1, 0.15) is 11.2 Å². The Hall–Kier alpha value is -1.11. The van der Waals surface area contributed by atoms with Crippen molar-refractivity contribution in [1.82, 2.24) is 0 Å². The van der Waals surface area contributed by atoms with Crippen LogP contribution in [0.4, 0.5) is 5.00 Å². The van der Waals surface area contributed by atoms with Crippen LogP contribution in [0.15, 0.2) is 0 Å². The number of halogens is 1. The maximum Gasteiger partial charge on any atom is 0.345 e. The van der Waals surface area contributed by atoms with Crippen LogP contribution in [-0.2, 0) is 27.1 Å². The number of carbonyl (C=O) groups is 2. The summed E-state index contributed by atoms with van der Waals surface area (Å²) in [5.41, 5.74) is 5.16. The van der Waals surface area contributed by atoms with Gasteiger partial charge in [-0.25, -0.2) is 4.79 Å². The number of carbonyl (C=O) groups excluding carboxylic acids is 2. The Morgan fingerprint density at radius 3 is 2.58 bits per heavy atom. The molecule has 0 saturated heterocycles. The zero-order valence-corrected chi connectivity index (χ0v) is 16.3. The van der Waals surface area contributed by atoms with E-state index in [1.807, 2.05) is 20.8 Å². The number of hydrogen-bond donors (Lipinski definition) is 1. The lowest BCUT2D eigenvalue weighted by molar-refractivity contribution is -0.249. The normalized spacial score (nSPS) is 16.8. The summed E-state index contributed by atoms with van der Waals surface area (Å²) in [6.45, 7) is 7.76. The maximum atomic E-state index is 12.2. The van der Waals surface area contributed by atoms with Crippen molar-refractivity contribution in [1.29, 1.82) is 0 Å². The summed E-state index contributed by atoms with van der Waals surface area (Å²) < 4.78 is 10.6. The van der Waals surface area contributed by atoms with Gasteiger partial charge in [-0.05, 0) is 58.4 Å². The highest BCUT2D eigenvalue weighted by Gasteiger charge is 2.32. The van der Waals surface area contributed by atoms with Crippen molar-refractivity contribution in [3.8, 4) is 0 Å². The quantitative estimate of drug-likeness (QED) is 0.729. The average molecular weight is 376 g/mol. The molecular weight excluding hydrogens is 350 g/mol. The smallest absolute Gasteiger partial charge is 0.345 e. The summed E-state index contributed by atoms with van der Waals surface area (Å²) >= 11 is 1.57. The topological polar surface area (TPSA) is 80.2 Å². The first-order valence-corrected chi connectivity index (χ1v) is 8.88. The molecule has 136 valence electrons. The summed E-state index contributed by atoms with van der Waals surface area (Å²) in [5.74, 6) is -0.263. The predicted molar refractivity (Wildman–Crippen MR) is 88.8 cm³/mol. The lowest BCUT2D eigenvalue weighted by atomic mass is 9.84. The van der Waals surface area contributed by atoms with E-state index in [2.05, 4.69) is 5.73 Å². The van der Waals surface area contributed by atoms with Crippen LogP contribution < -0.4 is 18.1 Å². The van der Waals surface area contributed by atoms with Crippen LogP contribution in [0, 0.1) is 5.92 Å². The molecule has 0 saturated carbocycles. The van der Waals surface area contributed by atoms with Crippen molar-refractivity contribution in [3.05, 3.63) is 16.0 Å². The van der Waals surface area contributed by atoms with E-state index in [0.29, 0.717) is 18.6 Å². The molecule has 1 aromatic heterocycles. The second-order valence-corrected chi connectivity index (χ2v) is 8.11. The summed E-state index contributed by atoms with van der Waals surface area (Å²) in [4.78, 5) is 25.4. The number of esters is 2. The van der Waals surface area contributed by atoms with Gasteiger partial charge in [0.05, 0.1) is 6.61 Å². The minimum Gasteiger partial charge on any atom is -1.00 e. The van der Waals surface area contributed by atoms with E-state index in [1.54, 1.807) is 18.3 Å². The van der Waals surface area contributed by atoms with Gasteiger partial charge < -0.3 is 27.6 Å². The SMILES string of the molecule is CCOC(=O)c1c([NH3+])sc2c1C[C@@H](CC(=O)OC(C)(C)C)CC2.[Cl-]. The highest BCUT2D eigenvalue weighted by Crippen LogP contribution is 2.38. The number of rotatable bonds is 4. The minimum atomic E-state index is -0.462. The first-order chi connectivity index (χ1) is 10.7. The summed E-state index contributed by atoms with van der Waals surface area (Å²) in [5, 5.41) is 0.770. The molecular formula is C17H26ClNO4S. The third-order valence-electron chi connectivity index (χ3n) is 3.79. The Morgan fingerprint density at radius 2 is 2.00 bits per heavy atom. The Bertz CT molecular complexity index is 606. The molecule has 0 fully saturated rings. The molecule has 0 spiro atoms. The largest absolute Gasteiger partial charge is 1.00 e. The van der Waals surface area contributed by atoms with Crippen molar-refractivity contribution in [2.45, 2.75) is 59.0 Å². The molecule has 1 aliphatic rings. The van der Waals surface area contributed by atoms with Crippen molar-refractivity contribution in [2.75, 3.05) is 6.61 Å². The van der Waals surface area contributed by atoms with E-state index < -0.39 is 5.60 Å². The predicted octanol–water partition coefficient (Wildman–Crippen LogP) is -0.361. The van der Waals surface area contributed by atoms with Gasteiger partial charge in [-0.2, -0.15) is 0 Å². The van der Waals surface area contributed by atoms with E-state index in [-0.39, 0.29) is 30.3 Å². The third kappa shape index (κ3) is 5.19. The molecule has 1 aliphatic carbocycles. The van der Waals surface area contributed by atoms with Crippen molar-refractivity contribution in [3.63, 3.8) is 0 Å². The fourth-order valence-corrected chi connectivity index (χ4v) is 4.08. The van der Waals surface area contributed by atoms with Crippen LogP contribution in [0.3, 0.4) is 0 Å². The van der Waals surface area contributed by atoms with Gasteiger partial charge in [-0.3, -0.25) is 4.79 Å². The third-order valence-corrected chi connectivity index (χ3v) is 4.94. The molecule has 2 rings (SSSR count). The number of aryl methyl sites for hydroxylation is 1. The van der Waals surface area contributed by atoms with E-state index in [0.717, 1.165) is 29.8 Å². The van der Waals surface area contributed by atoms with Gasteiger partial charge in [0, 0.05) is 11.3 Å². The van der Waals surface area contributed by atoms with E-state index >= 15 is 0 Å². The molecule has 1 atom stereocenters. The second-order valence-electron chi connectivity index (χ2n) is 6.92. The van der Waals surface area contributed by atoms with Crippen molar-refractivity contribution >= 4 is 28.3 Å². The fourth-order valence-electron chi connectivity index (χ4n) is 2.95. The lowest BCUT2D eigenvalue weighted by Gasteiger charge is -2.24. The van der Waals surface area contributed by atoms with Crippen LogP contribution in [0.25, 0.3) is 0 Å². The van der Waals surface area contributed by atoms with Gasteiger partial charge >= 0.3 is 11.9 Å². The Balaban J connectivity index is 0.00000288. The molecule has 7 heteroatoms.